The summed E-state index contributed by atoms with van der Waals surface area (Å²) in [6.45, 7) is 7.77. The number of morpholine rings is 1. The maximum atomic E-state index is 13.4. The molecule has 3 aromatic heterocycles. The molecule has 0 radical (unpaired) electrons. The Morgan fingerprint density at radius 1 is 1.09 bits per heavy atom. The highest BCUT2D eigenvalue weighted by atomic mass is 35.5. The van der Waals surface area contributed by atoms with Crippen LogP contribution < -0.4 is 10.5 Å². The first kappa shape index (κ1) is 22.4. The van der Waals surface area contributed by atoms with Gasteiger partial charge in [-0.15, -0.1) is 11.3 Å². The molecule has 0 amide bonds. The third kappa shape index (κ3) is 4.27. The molecule has 0 spiro atoms. The zero-order chi connectivity index (χ0) is 23.9. The van der Waals surface area contributed by atoms with Crippen LogP contribution in [0.3, 0.4) is 0 Å². The quantitative estimate of drug-likeness (QED) is 0.397. The summed E-state index contributed by atoms with van der Waals surface area (Å²) in [5, 5.41) is 0.686. The summed E-state index contributed by atoms with van der Waals surface area (Å²) in [6.07, 6.45) is 1.61. The van der Waals surface area contributed by atoms with E-state index in [0.29, 0.717) is 15.2 Å². The van der Waals surface area contributed by atoms with Gasteiger partial charge in [0.2, 0.25) is 0 Å². The molecule has 0 unspecified atom stereocenters. The van der Waals surface area contributed by atoms with E-state index < -0.39 is 0 Å². The zero-order valence-corrected chi connectivity index (χ0v) is 20.9. The summed E-state index contributed by atoms with van der Waals surface area (Å²) >= 11 is 7.47. The molecule has 4 heterocycles. The normalized spacial score (nSPS) is 14.8. The van der Waals surface area contributed by atoms with Crippen molar-refractivity contribution in [1.82, 2.24) is 19.1 Å². The summed E-state index contributed by atoms with van der Waals surface area (Å²) in [4.78, 5) is 25.3. The van der Waals surface area contributed by atoms with Gasteiger partial charge in [0.05, 0.1) is 48.5 Å². The van der Waals surface area contributed by atoms with E-state index in [1.54, 1.807) is 15.8 Å². The predicted molar refractivity (Wildman–Crippen MR) is 140 cm³/mol. The molecule has 1 fully saturated rings. The van der Waals surface area contributed by atoms with Gasteiger partial charge in [-0.3, -0.25) is 9.36 Å². The number of aromatic nitrogens is 4. The number of fused-ring (bicyclic) bond motifs is 2. The molecule has 1 aliphatic heterocycles. The van der Waals surface area contributed by atoms with E-state index in [9.17, 15) is 4.79 Å². The van der Waals surface area contributed by atoms with Gasteiger partial charge in [0.25, 0.3) is 5.56 Å². The fourth-order valence-corrected chi connectivity index (χ4v) is 5.88. The second kappa shape index (κ2) is 9.20. The van der Waals surface area contributed by atoms with Crippen molar-refractivity contribution in [2.24, 2.45) is 0 Å². The number of ether oxygens (including phenoxy) is 1. The molecule has 0 atom stereocenters. The minimum atomic E-state index is -0.0772. The number of thiophene rings is 1. The second-order valence-electron chi connectivity index (χ2n) is 8.85. The smallest absolute Gasteiger partial charge is 0.275 e. The standard InChI is InChI=1S/C26H24ClN5O2S/c1-17-29-21-14-20(6-7-23(21)31(17)9-8-30-10-12-34-13-11-30)32-16-28-22-15-24(35-25(22)26(32)33)18-2-4-19(27)5-3-18/h2-7,14-16H,8-13H2,1H3/p+1. The van der Waals surface area contributed by atoms with Gasteiger partial charge in [0, 0.05) is 9.90 Å². The van der Waals surface area contributed by atoms with Crippen molar-refractivity contribution >= 4 is 44.2 Å². The van der Waals surface area contributed by atoms with E-state index in [0.717, 1.165) is 72.4 Å². The maximum Gasteiger partial charge on any atom is 0.275 e. The molecular weight excluding hydrogens is 482 g/mol. The highest BCUT2D eigenvalue weighted by Gasteiger charge is 2.17. The Bertz CT molecular complexity index is 1580. The molecule has 6 rings (SSSR count). The van der Waals surface area contributed by atoms with Crippen molar-refractivity contribution in [3.8, 4) is 16.1 Å². The summed E-state index contributed by atoms with van der Waals surface area (Å²) < 4.78 is 9.98. The summed E-state index contributed by atoms with van der Waals surface area (Å²) in [5.41, 5.74) is 4.38. The summed E-state index contributed by atoms with van der Waals surface area (Å²) in [7, 11) is 0. The van der Waals surface area contributed by atoms with Crippen molar-refractivity contribution in [3.63, 3.8) is 0 Å². The van der Waals surface area contributed by atoms with E-state index in [1.807, 2.05) is 49.4 Å². The second-order valence-corrected chi connectivity index (χ2v) is 10.3. The Kier molecular flexibility index (Phi) is 5.89. The largest absolute Gasteiger partial charge is 0.370 e. The van der Waals surface area contributed by atoms with Crippen LogP contribution in [0.5, 0.6) is 0 Å². The number of imidazole rings is 1. The van der Waals surface area contributed by atoms with E-state index in [4.69, 9.17) is 21.3 Å². The van der Waals surface area contributed by atoms with Gasteiger partial charge in [0.1, 0.15) is 29.9 Å². The van der Waals surface area contributed by atoms with Crippen LogP contribution in [-0.2, 0) is 11.3 Å². The van der Waals surface area contributed by atoms with Crippen molar-refractivity contribution in [2.75, 3.05) is 32.8 Å². The molecular formula is C26H25ClN5O2S+. The molecule has 178 valence electrons. The highest BCUT2D eigenvalue weighted by molar-refractivity contribution is 7.22. The van der Waals surface area contributed by atoms with Gasteiger partial charge in [-0.05, 0) is 48.9 Å². The monoisotopic (exact) mass is 506 g/mol. The first-order valence-corrected chi connectivity index (χ1v) is 12.9. The van der Waals surface area contributed by atoms with Crippen molar-refractivity contribution in [1.29, 1.82) is 0 Å². The first-order valence-electron chi connectivity index (χ1n) is 11.7. The molecule has 5 aromatic rings. The van der Waals surface area contributed by atoms with Gasteiger partial charge in [0.15, 0.2) is 0 Å². The van der Waals surface area contributed by atoms with Gasteiger partial charge >= 0.3 is 0 Å². The van der Waals surface area contributed by atoms with E-state index in [-0.39, 0.29) is 5.56 Å². The Morgan fingerprint density at radius 2 is 1.89 bits per heavy atom. The summed E-state index contributed by atoms with van der Waals surface area (Å²) in [5.74, 6) is 0.983. The molecule has 0 aliphatic carbocycles. The maximum absolute atomic E-state index is 13.4. The number of nitrogens with zero attached hydrogens (tertiary/aromatic N) is 4. The van der Waals surface area contributed by atoms with Crippen molar-refractivity contribution in [2.45, 2.75) is 13.5 Å². The lowest BCUT2D eigenvalue weighted by Crippen LogP contribution is -3.14. The van der Waals surface area contributed by atoms with Crippen LogP contribution in [-0.4, -0.2) is 52.0 Å². The van der Waals surface area contributed by atoms with Gasteiger partial charge < -0.3 is 14.2 Å². The van der Waals surface area contributed by atoms with Crippen molar-refractivity contribution < 1.29 is 9.64 Å². The average molecular weight is 507 g/mol. The third-order valence-electron chi connectivity index (χ3n) is 6.66. The van der Waals surface area contributed by atoms with Crippen LogP contribution in [0.4, 0.5) is 0 Å². The van der Waals surface area contributed by atoms with Gasteiger partial charge in [-0.1, -0.05) is 23.7 Å². The van der Waals surface area contributed by atoms with Crippen LogP contribution in [0.2, 0.25) is 5.02 Å². The average Bonchev–Trinajstić information content (AvgIpc) is 3.45. The number of halogens is 1. The highest BCUT2D eigenvalue weighted by Crippen LogP contribution is 2.31. The molecule has 2 aromatic carbocycles. The number of benzene rings is 2. The summed E-state index contributed by atoms with van der Waals surface area (Å²) in [6, 6.07) is 15.6. The van der Waals surface area contributed by atoms with Crippen LogP contribution in [0, 0.1) is 6.92 Å². The molecule has 1 aliphatic rings. The SMILES string of the molecule is Cc1nc2cc(-n3cnc4cc(-c5ccc(Cl)cc5)sc4c3=O)ccc2n1CC[NH+]1CCOCC1. The third-order valence-corrected chi connectivity index (χ3v) is 8.07. The molecule has 7 nitrogen and oxygen atoms in total. The molecule has 1 N–H and O–H groups in total. The molecule has 1 saturated heterocycles. The Balaban J connectivity index is 1.32. The number of hydrogen-bond acceptors (Lipinski definition) is 5. The number of quaternary nitrogens is 1. The number of hydrogen-bond donors (Lipinski definition) is 1. The number of aryl methyl sites for hydroxylation is 1. The first-order chi connectivity index (χ1) is 17.1. The lowest BCUT2D eigenvalue weighted by atomic mass is 10.2. The Morgan fingerprint density at radius 3 is 2.69 bits per heavy atom. The fraction of sp³-hybridized carbons (Fsp3) is 0.269. The topological polar surface area (TPSA) is 66.4 Å². The molecule has 9 heteroatoms. The molecule has 0 saturated carbocycles. The number of rotatable bonds is 5. The van der Waals surface area contributed by atoms with Gasteiger partial charge in [-0.25, -0.2) is 9.97 Å². The van der Waals surface area contributed by atoms with Crippen molar-refractivity contribution in [3.05, 3.63) is 76.1 Å². The minimum Gasteiger partial charge on any atom is -0.370 e. The number of nitrogens with one attached hydrogen (secondary N) is 1. The van der Waals surface area contributed by atoms with Crippen LogP contribution in [0.1, 0.15) is 5.82 Å². The molecule has 0 bridgehead atoms. The fourth-order valence-electron chi connectivity index (χ4n) is 4.70. The zero-order valence-electron chi connectivity index (χ0n) is 19.3. The van der Waals surface area contributed by atoms with E-state index in [1.165, 1.54) is 11.3 Å². The lowest BCUT2D eigenvalue weighted by Gasteiger charge is -2.24. The van der Waals surface area contributed by atoms with Crippen LogP contribution >= 0.6 is 22.9 Å². The van der Waals surface area contributed by atoms with Crippen LogP contribution in [0.25, 0.3) is 37.4 Å². The Hall–Kier alpha value is -3.04. The van der Waals surface area contributed by atoms with Crippen LogP contribution in [0.15, 0.2) is 59.7 Å². The van der Waals surface area contributed by atoms with E-state index >= 15 is 0 Å². The van der Waals surface area contributed by atoms with Gasteiger partial charge in [-0.2, -0.15) is 0 Å². The Labute approximate surface area is 211 Å². The molecule has 35 heavy (non-hydrogen) atoms. The van der Waals surface area contributed by atoms with E-state index in [2.05, 4.69) is 15.6 Å². The predicted octanol–water partition coefficient (Wildman–Crippen LogP) is 3.34. The minimum absolute atomic E-state index is 0.0772. The lowest BCUT2D eigenvalue weighted by molar-refractivity contribution is -0.908.